The minimum absolute atomic E-state index is 0.249. The van der Waals surface area contributed by atoms with Gasteiger partial charge in [0.2, 0.25) is 5.88 Å². The standard InChI is InChI=1S/C23H28N2O2/c1-16(11-17(2)26)19-5-7-20(8-6-19)21-13-25(14-21)22-9-10-24-23(12-22)27-15-18-3-4-18/h5-10,12,16,18,21H,3-4,11,13-15H2,1-2H3/t16-/m1/s1. The summed E-state index contributed by atoms with van der Waals surface area (Å²) < 4.78 is 5.80. The van der Waals surface area contributed by atoms with E-state index >= 15 is 0 Å². The molecule has 1 aromatic carbocycles. The first-order valence-electron chi connectivity index (χ1n) is 10.0. The topological polar surface area (TPSA) is 42.4 Å². The van der Waals surface area contributed by atoms with Gasteiger partial charge in [0.15, 0.2) is 0 Å². The van der Waals surface area contributed by atoms with Gasteiger partial charge in [0.1, 0.15) is 5.78 Å². The largest absolute Gasteiger partial charge is 0.477 e. The second-order valence-corrected chi connectivity index (χ2v) is 8.18. The molecule has 1 saturated heterocycles. The summed E-state index contributed by atoms with van der Waals surface area (Å²) in [6.45, 7) is 6.62. The van der Waals surface area contributed by atoms with Crippen LogP contribution < -0.4 is 9.64 Å². The van der Waals surface area contributed by atoms with E-state index in [4.69, 9.17) is 4.74 Å². The smallest absolute Gasteiger partial charge is 0.215 e. The third-order valence-corrected chi connectivity index (χ3v) is 5.70. The number of carbonyl (C=O) groups excluding carboxylic acids is 1. The summed E-state index contributed by atoms with van der Waals surface area (Å²) in [5.41, 5.74) is 3.82. The molecule has 1 aliphatic heterocycles. The van der Waals surface area contributed by atoms with Gasteiger partial charge in [0.25, 0.3) is 0 Å². The SMILES string of the molecule is CC(=O)C[C@@H](C)c1ccc(C2CN(c3ccnc(OCC4CC4)c3)C2)cc1. The number of ether oxygens (including phenoxy) is 1. The molecule has 2 aromatic rings. The Kier molecular flexibility index (Phi) is 5.15. The van der Waals surface area contributed by atoms with Crippen LogP contribution in [0, 0.1) is 5.92 Å². The van der Waals surface area contributed by atoms with Gasteiger partial charge in [-0.05, 0) is 48.8 Å². The number of benzene rings is 1. The number of anilines is 1. The summed E-state index contributed by atoms with van der Waals surface area (Å²) in [5, 5.41) is 0. The van der Waals surface area contributed by atoms with Crippen molar-refractivity contribution < 1.29 is 9.53 Å². The minimum atomic E-state index is 0.249. The number of nitrogens with zero attached hydrogens (tertiary/aromatic N) is 2. The maximum Gasteiger partial charge on any atom is 0.215 e. The molecule has 1 aliphatic carbocycles. The third kappa shape index (κ3) is 4.49. The molecule has 4 nitrogen and oxygen atoms in total. The molecule has 0 unspecified atom stereocenters. The van der Waals surface area contributed by atoms with E-state index in [0.29, 0.717) is 18.3 Å². The molecule has 2 aliphatic rings. The van der Waals surface area contributed by atoms with E-state index in [0.717, 1.165) is 31.5 Å². The third-order valence-electron chi connectivity index (χ3n) is 5.70. The van der Waals surface area contributed by atoms with Gasteiger partial charge < -0.3 is 14.4 Å². The summed E-state index contributed by atoms with van der Waals surface area (Å²) in [6.07, 6.45) is 5.04. The Balaban J connectivity index is 1.32. The molecule has 1 saturated carbocycles. The summed E-state index contributed by atoms with van der Waals surface area (Å²) in [4.78, 5) is 18.0. The van der Waals surface area contributed by atoms with Crippen molar-refractivity contribution in [3.63, 3.8) is 0 Å². The molecule has 0 N–H and O–H groups in total. The molecular weight excluding hydrogens is 336 g/mol. The Labute approximate surface area is 161 Å². The first kappa shape index (κ1) is 18.0. The van der Waals surface area contributed by atoms with Gasteiger partial charge >= 0.3 is 0 Å². The van der Waals surface area contributed by atoms with E-state index in [9.17, 15) is 4.79 Å². The van der Waals surface area contributed by atoms with E-state index < -0.39 is 0 Å². The van der Waals surface area contributed by atoms with Crippen molar-refractivity contribution >= 4 is 11.5 Å². The second kappa shape index (κ2) is 7.71. The number of pyridine rings is 1. The Morgan fingerprint density at radius 2 is 1.96 bits per heavy atom. The average Bonchev–Trinajstić information content (AvgIpc) is 3.43. The lowest BCUT2D eigenvalue weighted by molar-refractivity contribution is -0.117. The molecular formula is C23H28N2O2. The van der Waals surface area contributed by atoms with Crippen LogP contribution in [-0.2, 0) is 4.79 Å². The van der Waals surface area contributed by atoms with E-state index in [1.54, 1.807) is 6.92 Å². The zero-order valence-corrected chi connectivity index (χ0v) is 16.2. The van der Waals surface area contributed by atoms with Gasteiger partial charge in [-0.25, -0.2) is 4.98 Å². The Morgan fingerprint density at radius 3 is 2.63 bits per heavy atom. The fourth-order valence-corrected chi connectivity index (χ4v) is 3.71. The summed E-state index contributed by atoms with van der Waals surface area (Å²) >= 11 is 0. The van der Waals surface area contributed by atoms with Crippen LogP contribution in [-0.4, -0.2) is 30.5 Å². The minimum Gasteiger partial charge on any atom is -0.477 e. The van der Waals surface area contributed by atoms with Crippen LogP contribution in [0.2, 0.25) is 0 Å². The fourth-order valence-electron chi connectivity index (χ4n) is 3.71. The number of carbonyl (C=O) groups is 1. The number of aromatic nitrogens is 1. The molecule has 1 aromatic heterocycles. The first-order chi connectivity index (χ1) is 13.1. The van der Waals surface area contributed by atoms with Gasteiger partial charge in [0, 0.05) is 43.4 Å². The highest BCUT2D eigenvalue weighted by Crippen LogP contribution is 2.34. The van der Waals surface area contributed by atoms with E-state index in [1.807, 2.05) is 6.20 Å². The highest BCUT2D eigenvalue weighted by atomic mass is 16.5. The molecule has 0 spiro atoms. The highest BCUT2D eigenvalue weighted by Gasteiger charge is 2.29. The monoisotopic (exact) mass is 364 g/mol. The predicted molar refractivity (Wildman–Crippen MR) is 108 cm³/mol. The molecule has 4 heteroatoms. The first-order valence-corrected chi connectivity index (χ1v) is 10.0. The van der Waals surface area contributed by atoms with Gasteiger partial charge in [-0.2, -0.15) is 0 Å². The molecule has 4 rings (SSSR count). The van der Waals surface area contributed by atoms with Crippen molar-refractivity contribution in [3.05, 3.63) is 53.7 Å². The van der Waals surface area contributed by atoms with Gasteiger partial charge in [-0.15, -0.1) is 0 Å². The van der Waals surface area contributed by atoms with Crippen molar-refractivity contribution in [1.29, 1.82) is 0 Å². The van der Waals surface area contributed by atoms with Crippen molar-refractivity contribution in [2.24, 2.45) is 5.92 Å². The lowest BCUT2D eigenvalue weighted by Gasteiger charge is -2.41. The Bertz CT molecular complexity index is 792. The van der Waals surface area contributed by atoms with Crippen LogP contribution in [0.3, 0.4) is 0 Å². The molecule has 142 valence electrons. The van der Waals surface area contributed by atoms with Crippen LogP contribution in [0.25, 0.3) is 0 Å². The van der Waals surface area contributed by atoms with Crippen LogP contribution in [0.4, 0.5) is 5.69 Å². The number of hydrogen-bond donors (Lipinski definition) is 0. The van der Waals surface area contributed by atoms with Gasteiger partial charge in [-0.3, -0.25) is 0 Å². The van der Waals surface area contributed by atoms with Crippen LogP contribution in [0.15, 0.2) is 42.6 Å². The van der Waals surface area contributed by atoms with E-state index in [2.05, 4.69) is 53.2 Å². The van der Waals surface area contributed by atoms with Gasteiger partial charge in [0.05, 0.1) is 6.61 Å². The zero-order chi connectivity index (χ0) is 18.8. The van der Waals surface area contributed by atoms with Crippen LogP contribution >= 0.6 is 0 Å². The Morgan fingerprint density at radius 1 is 1.22 bits per heavy atom. The molecule has 1 atom stereocenters. The molecule has 2 fully saturated rings. The molecule has 27 heavy (non-hydrogen) atoms. The lowest BCUT2D eigenvalue weighted by Crippen LogP contribution is -2.45. The predicted octanol–water partition coefficient (Wildman–Crippen LogP) is 4.56. The molecule has 0 radical (unpaired) electrons. The van der Waals surface area contributed by atoms with E-state index in [1.165, 1.54) is 29.7 Å². The van der Waals surface area contributed by atoms with Crippen molar-refractivity contribution in [2.75, 3.05) is 24.6 Å². The highest BCUT2D eigenvalue weighted by molar-refractivity contribution is 5.76. The summed E-state index contributed by atoms with van der Waals surface area (Å²) in [6, 6.07) is 12.9. The summed E-state index contributed by atoms with van der Waals surface area (Å²) in [7, 11) is 0. The molecule has 0 amide bonds. The lowest BCUT2D eigenvalue weighted by atomic mass is 9.88. The molecule has 2 heterocycles. The number of rotatable bonds is 8. The van der Waals surface area contributed by atoms with E-state index in [-0.39, 0.29) is 5.78 Å². The number of Topliss-reactive ketones (excluding diaryl/α,β-unsaturated/α-hetero) is 1. The number of ketones is 1. The van der Waals surface area contributed by atoms with Crippen molar-refractivity contribution in [3.8, 4) is 5.88 Å². The van der Waals surface area contributed by atoms with Crippen molar-refractivity contribution in [2.45, 2.75) is 44.9 Å². The zero-order valence-electron chi connectivity index (χ0n) is 16.2. The average molecular weight is 364 g/mol. The fraction of sp³-hybridized carbons (Fsp3) is 0.478. The Hall–Kier alpha value is -2.36. The van der Waals surface area contributed by atoms with Crippen LogP contribution in [0.5, 0.6) is 5.88 Å². The second-order valence-electron chi connectivity index (χ2n) is 8.18. The van der Waals surface area contributed by atoms with Crippen LogP contribution in [0.1, 0.15) is 56.1 Å². The summed E-state index contributed by atoms with van der Waals surface area (Å²) in [5.74, 6) is 2.59. The maximum atomic E-state index is 11.3. The maximum absolute atomic E-state index is 11.3. The normalized spacial score (nSPS) is 18.1. The number of hydrogen-bond acceptors (Lipinski definition) is 4. The quantitative estimate of drug-likeness (QED) is 0.689. The molecule has 0 bridgehead atoms. The van der Waals surface area contributed by atoms with Crippen molar-refractivity contribution in [1.82, 2.24) is 4.98 Å². The van der Waals surface area contributed by atoms with Gasteiger partial charge in [-0.1, -0.05) is 31.2 Å².